The van der Waals surface area contributed by atoms with Crippen LogP contribution in [0.2, 0.25) is 0 Å². The largest absolute Gasteiger partial charge is 0.497 e. The Labute approximate surface area is 131 Å². The third kappa shape index (κ3) is 4.20. The summed E-state index contributed by atoms with van der Waals surface area (Å²) in [5, 5.41) is 7.16. The summed E-state index contributed by atoms with van der Waals surface area (Å²) in [6, 6.07) is 18.3. The van der Waals surface area contributed by atoms with Crippen LogP contribution >= 0.6 is 12.2 Å². The summed E-state index contributed by atoms with van der Waals surface area (Å²) in [5.41, 5.74) is 2.31. The molecule has 2 aromatic carbocycles. The first-order chi connectivity index (χ1) is 10.2. The van der Waals surface area contributed by atoms with Crippen LogP contribution in [0.25, 0.3) is 0 Å². The van der Waals surface area contributed by atoms with Crippen molar-refractivity contribution in [3.8, 4) is 5.75 Å². The van der Waals surface area contributed by atoms with E-state index >= 15 is 0 Å². The molecule has 0 aliphatic heterocycles. The van der Waals surface area contributed by atoms with Crippen LogP contribution in [0.3, 0.4) is 0 Å². The molecule has 0 saturated carbocycles. The van der Waals surface area contributed by atoms with Crippen LogP contribution in [-0.2, 0) is 0 Å². The van der Waals surface area contributed by atoms with Crippen LogP contribution in [0, 0.1) is 0 Å². The first-order valence-electron chi connectivity index (χ1n) is 6.98. The number of nitrogens with one attached hydrogen (secondary N) is 2. The molecule has 4 heteroatoms. The Morgan fingerprint density at radius 3 is 2.24 bits per heavy atom. The van der Waals surface area contributed by atoms with Gasteiger partial charge in [0.2, 0.25) is 0 Å². The van der Waals surface area contributed by atoms with Gasteiger partial charge in [-0.3, -0.25) is 0 Å². The monoisotopic (exact) mass is 300 g/mol. The number of benzene rings is 2. The van der Waals surface area contributed by atoms with Gasteiger partial charge in [-0.25, -0.2) is 0 Å². The molecule has 0 heterocycles. The zero-order valence-electron chi connectivity index (χ0n) is 12.3. The molecule has 3 nitrogen and oxygen atoms in total. The maximum absolute atomic E-state index is 5.33. The van der Waals surface area contributed by atoms with Crippen molar-refractivity contribution in [3.05, 3.63) is 65.7 Å². The van der Waals surface area contributed by atoms with Crippen molar-refractivity contribution in [3.63, 3.8) is 0 Å². The van der Waals surface area contributed by atoms with E-state index in [-0.39, 0.29) is 6.04 Å². The van der Waals surface area contributed by atoms with Crippen molar-refractivity contribution < 1.29 is 4.74 Å². The lowest BCUT2D eigenvalue weighted by Crippen LogP contribution is -2.37. The van der Waals surface area contributed by atoms with E-state index in [2.05, 4.69) is 34.9 Å². The molecule has 1 atom stereocenters. The van der Waals surface area contributed by atoms with Gasteiger partial charge in [-0.15, -0.1) is 0 Å². The summed E-state index contributed by atoms with van der Waals surface area (Å²) in [6.45, 7) is 2.83. The molecular weight excluding hydrogens is 280 g/mol. The van der Waals surface area contributed by atoms with E-state index in [1.165, 1.54) is 5.56 Å². The van der Waals surface area contributed by atoms with E-state index in [4.69, 9.17) is 17.0 Å². The fourth-order valence-corrected chi connectivity index (χ4v) is 2.41. The number of ether oxygens (including phenoxy) is 1. The maximum Gasteiger partial charge on any atom is 0.167 e. The average molecular weight is 300 g/mol. The van der Waals surface area contributed by atoms with Gasteiger partial charge in [0, 0.05) is 6.54 Å². The van der Waals surface area contributed by atoms with Crippen molar-refractivity contribution in [1.29, 1.82) is 0 Å². The highest BCUT2D eigenvalue weighted by Crippen LogP contribution is 2.24. The highest BCUT2D eigenvalue weighted by Gasteiger charge is 2.14. The van der Waals surface area contributed by atoms with E-state index in [0.29, 0.717) is 5.11 Å². The molecule has 0 aliphatic rings. The van der Waals surface area contributed by atoms with Crippen molar-refractivity contribution in [2.24, 2.45) is 0 Å². The van der Waals surface area contributed by atoms with Crippen molar-refractivity contribution in [2.45, 2.75) is 13.0 Å². The second kappa shape index (κ2) is 7.64. The second-order valence-corrected chi connectivity index (χ2v) is 5.03. The van der Waals surface area contributed by atoms with E-state index < -0.39 is 0 Å². The molecule has 0 spiro atoms. The van der Waals surface area contributed by atoms with Crippen molar-refractivity contribution in [1.82, 2.24) is 10.6 Å². The Morgan fingerprint density at radius 1 is 1.05 bits per heavy atom. The fourth-order valence-electron chi connectivity index (χ4n) is 2.14. The van der Waals surface area contributed by atoms with Crippen LogP contribution < -0.4 is 15.4 Å². The quantitative estimate of drug-likeness (QED) is 0.830. The Kier molecular flexibility index (Phi) is 5.58. The van der Waals surface area contributed by atoms with E-state index in [1.54, 1.807) is 7.11 Å². The van der Waals surface area contributed by atoms with Gasteiger partial charge in [0.25, 0.3) is 0 Å². The number of hydrogen-bond donors (Lipinski definition) is 2. The molecule has 2 aromatic rings. The van der Waals surface area contributed by atoms with E-state index in [9.17, 15) is 0 Å². The minimum atomic E-state index is 0.0173. The topological polar surface area (TPSA) is 33.3 Å². The van der Waals surface area contributed by atoms with Gasteiger partial charge >= 0.3 is 0 Å². The smallest absolute Gasteiger partial charge is 0.167 e. The third-order valence-electron chi connectivity index (χ3n) is 3.19. The fraction of sp³-hybridized carbons (Fsp3) is 0.235. The van der Waals surface area contributed by atoms with Gasteiger partial charge in [-0.2, -0.15) is 0 Å². The zero-order valence-corrected chi connectivity index (χ0v) is 13.1. The second-order valence-electron chi connectivity index (χ2n) is 4.62. The molecular formula is C17H20N2OS. The molecule has 0 aromatic heterocycles. The summed E-state index contributed by atoms with van der Waals surface area (Å²) in [5.74, 6) is 0.847. The van der Waals surface area contributed by atoms with Crippen LogP contribution in [0.15, 0.2) is 54.6 Å². The molecule has 0 radical (unpaired) electrons. The van der Waals surface area contributed by atoms with E-state index in [1.807, 2.05) is 37.3 Å². The van der Waals surface area contributed by atoms with Crippen LogP contribution in [0.5, 0.6) is 5.75 Å². The molecule has 0 saturated heterocycles. The standard InChI is InChI=1S/C17H20N2OS/c1-3-18-17(21)19-16(13-7-5-4-6-8-13)14-9-11-15(20-2)12-10-14/h4-12,16H,3H2,1-2H3,(H2,18,19,21)/t16-/m1/s1. The van der Waals surface area contributed by atoms with Gasteiger partial charge in [0.15, 0.2) is 5.11 Å². The SMILES string of the molecule is CCNC(=S)N[C@H](c1ccccc1)c1ccc(OC)cc1. The zero-order chi connectivity index (χ0) is 15.1. The molecule has 0 bridgehead atoms. The van der Waals surface area contributed by atoms with Gasteiger partial charge in [-0.05, 0) is 42.4 Å². The van der Waals surface area contributed by atoms with Gasteiger partial charge in [-0.1, -0.05) is 42.5 Å². The number of thiocarbonyl (C=S) groups is 1. The highest BCUT2D eigenvalue weighted by atomic mass is 32.1. The van der Waals surface area contributed by atoms with Crippen LogP contribution in [-0.4, -0.2) is 18.8 Å². The Bertz CT molecular complexity index is 569. The summed E-state index contributed by atoms with van der Waals surface area (Å²) in [6.07, 6.45) is 0. The average Bonchev–Trinajstić information content (AvgIpc) is 2.54. The highest BCUT2D eigenvalue weighted by molar-refractivity contribution is 7.80. The summed E-state index contributed by atoms with van der Waals surface area (Å²) in [7, 11) is 1.67. The lowest BCUT2D eigenvalue weighted by Gasteiger charge is -2.22. The first kappa shape index (κ1) is 15.3. The van der Waals surface area contributed by atoms with Gasteiger partial charge < -0.3 is 15.4 Å². The predicted octanol–water partition coefficient (Wildman–Crippen LogP) is 3.27. The molecule has 110 valence electrons. The third-order valence-corrected chi connectivity index (χ3v) is 3.46. The lowest BCUT2D eigenvalue weighted by atomic mass is 9.99. The normalized spacial score (nSPS) is 11.5. The lowest BCUT2D eigenvalue weighted by molar-refractivity contribution is 0.414. The molecule has 21 heavy (non-hydrogen) atoms. The number of hydrogen-bond acceptors (Lipinski definition) is 2. The molecule has 0 amide bonds. The summed E-state index contributed by atoms with van der Waals surface area (Å²) >= 11 is 5.33. The number of rotatable bonds is 5. The minimum Gasteiger partial charge on any atom is -0.497 e. The molecule has 0 aliphatic carbocycles. The van der Waals surface area contributed by atoms with Crippen molar-refractivity contribution in [2.75, 3.05) is 13.7 Å². The van der Waals surface area contributed by atoms with E-state index in [0.717, 1.165) is 17.9 Å². The Hall–Kier alpha value is -2.07. The molecule has 2 N–H and O–H groups in total. The molecule has 0 unspecified atom stereocenters. The summed E-state index contributed by atoms with van der Waals surface area (Å²) in [4.78, 5) is 0. The minimum absolute atomic E-state index is 0.0173. The molecule has 0 fully saturated rings. The first-order valence-corrected chi connectivity index (χ1v) is 7.38. The molecule has 2 rings (SSSR count). The number of methoxy groups -OCH3 is 1. The van der Waals surface area contributed by atoms with Gasteiger partial charge in [0.05, 0.1) is 13.2 Å². The Morgan fingerprint density at radius 2 is 1.67 bits per heavy atom. The van der Waals surface area contributed by atoms with Gasteiger partial charge in [0.1, 0.15) is 5.75 Å². The summed E-state index contributed by atoms with van der Waals surface area (Å²) < 4.78 is 5.22. The van der Waals surface area contributed by atoms with Crippen LogP contribution in [0.4, 0.5) is 0 Å². The van der Waals surface area contributed by atoms with Crippen molar-refractivity contribution >= 4 is 17.3 Å². The van der Waals surface area contributed by atoms with Crippen LogP contribution in [0.1, 0.15) is 24.1 Å². The predicted molar refractivity (Wildman–Crippen MR) is 90.7 cm³/mol. The maximum atomic E-state index is 5.33. The Balaban J connectivity index is 2.28.